The van der Waals surface area contributed by atoms with Crippen LogP contribution in [0.25, 0.3) is 0 Å². The van der Waals surface area contributed by atoms with Crippen molar-refractivity contribution in [2.75, 3.05) is 0 Å². The van der Waals surface area contributed by atoms with E-state index in [2.05, 4.69) is 26.0 Å². The Labute approximate surface area is 80.5 Å². The van der Waals surface area contributed by atoms with Gasteiger partial charge in [-0.1, -0.05) is 32.1 Å². The van der Waals surface area contributed by atoms with E-state index < -0.39 is 0 Å². The van der Waals surface area contributed by atoms with E-state index in [0.29, 0.717) is 5.92 Å². The van der Waals surface area contributed by atoms with E-state index in [0.717, 1.165) is 12.8 Å². The maximum atomic E-state index is 11.8. The van der Waals surface area contributed by atoms with Crippen LogP contribution < -0.4 is 0 Å². The van der Waals surface area contributed by atoms with E-state index in [1.54, 1.807) is 6.08 Å². The Hall–Kier alpha value is -0.850. The molecule has 0 heterocycles. The second kappa shape index (κ2) is 3.91. The summed E-state index contributed by atoms with van der Waals surface area (Å²) in [4.78, 5) is 11.8. The highest BCUT2D eigenvalue weighted by molar-refractivity contribution is 5.95. The molecular formula is C12H18O. The van der Waals surface area contributed by atoms with Crippen molar-refractivity contribution < 1.29 is 4.79 Å². The maximum Gasteiger partial charge on any atom is 0.161 e. The molecule has 1 nitrogen and oxygen atoms in total. The average Bonchev–Trinajstić information content (AvgIpc) is 2.11. The van der Waals surface area contributed by atoms with Gasteiger partial charge in [0, 0.05) is 5.41 Å². The molecule has 0 spiro atoms. The van der Waals surface area contributed by atoms with Crippen molar-refractivity contribution in [3.8, 4) is 0 Å². The van der Waals surface area contributed by atoms with Crippen LogP contribution in [0.5, 0.6) is 0 Å². The van der Waals surface area contributed by atoms with Crippen molar-refractivity contribution >= 4 is 5.78 Å². The second-order valence-corrected chi connectivity index (χ2v) is 4.04. The standard InChI is InChI=1S/C12H18O/c1-4-7-11(13)12(3)9-6-5-8-10(12)2/h4-5,7-8,10H,6,9H2,1-3H3. The highest BCUT2D eigenvalue weighted by Crippen LogP contribution is 2.38. The smallest absolute Gasteiger partial charge is 0.161 e. The van der Waals surface area contributed by atoms with Gasteiger partial charge in [0.15, 0.2) is 5.78 Å². The average molecular weight is 178 g/mol. The highest BCUT2D eigenvalue weighted by atomic mass is 16.1. The quantitative estimate of drug-likeness (QED) is 0.469. The fourth-order valence-electron chi connectivity index (χ4n) is 1.81. The summed E-state index contributed by atoms with van der Waals surface area (Å²) in [5.74, 6) is 0.636. The van der Waals surface area contributed by atoms with E-state index >= 15 is 0 Å². The molecule has 0 aliphatic heterocycles. The van der Waals surface area contributed by atoms with Crippen LogP contribution in [0.15, 0.2) is 24.3 Å². The number of ketones is 1. The molecule has 0 N–H and O–H groups in total. The highest BCUT2D eigenvalue weighted by Gasteiger charge is 2.36. The Kier molecular flexibility index (Phi) is 3.07. The molecule has 1 rings (SSSR count). The Morgan fingerprint density at radius 1 is 1.62 bits per heavy atom. The predicted octanol–water partition coefficient (Wildman–Crippen LogP) is 3.12. The maximum absolute atomic E-state index is 11.8. The van der Waals surface area contributed by atoms with Gasteiger partial charge < -0.3 is 0 Å². The summed E-state index contributed by atoms with van der Waals surface area (Å²) in [6.45, 7) is 6.09. The molecular weight excluding hydrogens is 160 g/mol. The topological polar surface area (TPSA) is 17.1 Å². The molecule has 2 atom stereocenters. The molecule has 1 aliphatic carbocycles. The number of hydrogen-bond acceptors (Lipinski definition) is 1. The first-order valence-corrected chi connectivity index (χ1v) is 4.95. The molecule has 0 aromatic rings. The summed E-state index contributed by atoms with van der Waals surface area (Å²) < 4.78 is 0. The van der Waals surface area contributed by atoms with Crippen LogP contribution >= 0.6 is 0 Å². The second-order valence-electron chi connectivity index (χ2n) is 4.04. The first-order chi connectivity index (χ1) is 6.11. The largest absolute Gasteiger partial charge is 0.294 e. The van der Waals surface area contributed by atoms with Crippen molar-refractivity contribution in [1.82, 2.24) is 0 Å². The molecule has 1 heteroatoms. The van der Waals surface area contributed by atoms with Gasteiger partial charge in [-0.2, -0.15) is 0 Å². The normalized spacial score (nSPS) is 33.9. The zero-order valence-electron chi connectivity index (χ0n) is 8.71. The van der Waals surface area contributed by atoms with E-state index in [1.165, 1.54) is 0 Å². The molecule has 1 aliphatic rings. The fraction of sp³-hybridized carbons (Fsp3) is 0.583. The van der Waals surface area contributed by atoms with Gasteiger partial charge in [0.05, 0.1) is 0 Å². The van der Waals surface area contributed by atoms with Crippen LogP contribution in [0, 0.1) is 11.3 Å². The lowest BCUT2D eigenvalue weighted by molar-refractivity contribution is -0.125. The lowest BCUT2D eigenvalue weighted by Crippen LogP contribution is -2.34. The lowest BCUT2D eigenvalue weighted by atomic mass is 9.68. The third-order valence-corrected chi connectivity index (χ3v) is 3.14. The molecule has 0 aromatic heterocycles. The Morgan fingerprint density at radius 2 is 2.31 bits per heavy atom. The first kappa shape index (κ1) is 10.2. The molecule has 0 saturated heterocycles. The van der Waals surface area contributed by atoms with Crippen molar-refractivity contribution in [2.45, 2.75) is 33.6 Å². The summed E-state index contributed by atoms with van der Waals surface area (Å²) >= 11 is 0. The molecule has 0 aromatic carbocycles. The van der Waals surface area contributed by atoms with Gasteiger partial charge in [-0.05, 0) is 31.8 Å². The van der Waals surface area contributed by atoms with Crippen molar-refractivity contribution in [3.05, 3.63) is 24.3 Å². The van der Waals surface area contributed by atoms with Crippen LogP contribution in [0.3, 0.4) is 0 Å². The number of carbonyl (C=O) groups excluding carboxylic acids is 1. The molecule has 13 heavy (non-hydrogen) atoms. The lowest BCUT2D eigenvalue weighted by Gasteiger charge is -2.34. The van der Waals surface area contributed by atoms with Gasteiger partial charge in [0.1, 0.15) is 0 Å². The summed E-state index contributed by atoms with van der Waals surface area (Å²) in [6.07, 6.45) is 9.88. The number of allylic oxidation sites excluding steroid dienone is 4. The van der Waals surface area contributed by atoms with Gasteiger partial charge in [-0.3, -0.25) is 4.79 Å². The molecule has 0 bridgehead atoms. The minimum Gasteiger partial charge on any atom is -0.294 e. The SMILES string of the molecule is CC=CC(=O)C1(C)CCC=CC1C. The van der Waals surface area contributed by atoms with Crippen molar-refractivity contribution in [2.24, 2.45) is 11.3 Å². The predicted molar refractivity (Wildman–Crippen MR) is 55.5 cm³/mol. The Bertz CT molecular complexity index is 250. The van der Waals surface area contributed by atoms with E-state index in [4.69, 9.17) is 0 Å². The summed E-state index contributed by atoms with van der Waals surface area (Å²) in [6, 6.07) is 0. The van der Waals surface area contributed by atoms with Crippen molar-refractivity contribution in [1.29, 1.82) is 0 Å². The third-order valence-electron chi connectivity index (χ3n) is 3.14. The fourth-order valence-corrected chi connectivity index (χ4v) is 1.81. The number of rotatable bonds is 2. The minimum absolute atomic E-state index is 0.165. The number of hydrogen-bond donors (Lipinski definition) is 0. The number of carbonyl (C=O) groups is 1. The molecule has 0 saturated carbocycles. The molecule has 72 valence electrons. The molecule has 0 fully saturated rings. The zero-order valence-corrected chi connectivity index (χ0v) is 8.71. The Morgan fingerprint density at radius 3 is 2.85 bits per heavy atom. The van der Waals surface area contributed by atoms with Gasteiger partial charge in [0.25, 0.3) is 0 Å². The third kappa shape index (κ3) is 1.90. The van der Waals surface area contributed by atoms with Crippen LogP contribution in [0.1, 0.15) is 33.6 Å². The van der Waals surface area contributed by atoms with Crippen molar-refractivity contribution in [3.63, 3.8) is 0 Å². The first-order valence-electron chi connectivity index (χ1n) is 4.95. The monoisotopic (exact) mass is 178 g/mol. The zero-order chi connectivity index (χ0) is 9.90. The molecule has 0 radical (unpaired) electrons. The van der Waals surface area contributed by atoms with Crippen LogP contribution in [0.4, 0.5) is 0 Å². The van der Waals surface area contributed by atoms with Gasteiger partial charge >= 0.3 is 0 Å². The van der Waals surface area contributed by atoms with E-state index in [-0.39, 0.29) is 11.2 Å². The summed E-state index contributed by atoms with van der Waals surface area (Å²) in [7, 11) is 0. The van der Waals surface area contributed by atoms with Gasteiger partial charge in [-0.15, -0.1) is 0 Å². The van der Waals surface area contributed by atoms with Crippen LogP contribution in [0.2, 0.25) is 0 Å². The van der Waals surface area contributed by atoms with Crippen LogP contribution in [-0.4, -0.2) is 5.78 Å². The van der Waals surface area contributed by atoms with E-state index in [1.807, 2.05) is 13.0 Å². The van der Waals surface area contributed by atoms with Gasteiger partial charge in [0.2, 0.25) is 0 Å². The molecule has 0 amide bonds. The molecule has 2 unspecified atom stereocenters. The minimum atomic E-state index is -0.165. The van der Waals surface area contributed by atoms with Gasteiger partial charge in [-0.25, -0.2) is 0 Å². The van der Waals surface area contributed by atoms with Crippen LogP contribution in [-0.2, 0) is 4.79 Å². The summed E-state index contributed by atoms with van der Waals surface area (Å²) in [5, 5.41) is 0. The summed E-state index contributed by atoms with van der Waals surface area (Å²) in [5.41, 5.74) is -0.165. The van der Waals surface area contributed by atoms with E-state index in [9.17, 15) is 4.79 Å². The Balaban J connectivity index is 2.86.